The Morgan fingerprint density at radius 1 is 1.37 bits per heavy atom. The van der Waals surface area contributed by atoms with Crippen LogP contribution in [-0.4, -0.2) is 63.4 Å². The van der Waals surface area contributed by atoms with Crippen LogP contribution in [0.5, 0.6) is 0 Å². The molecule has 0 aliphatic carbocycles. The molecule has 0 amide bonds. The highest BCUT2D eigenvalue weighted by Gasteiger charge is 2.33. The predicted molar refractivity (Wildman–Crippen MR) is 102 cm³/mol. The van der Waals surface area contributed by atoms with Gasteiger partial charge in [0.2, 0.25) is 0 Å². The number of nitrogens with zero attached hydrogens (tertiary/aromatic N) is 1. The van der Waals surface area contributed by atoms with Crippen LogP contribution in [0.2, 0.25) is 0 Å². The minimum atomic E-state index is -3.87. The van der Waals surface area contributed by atoms with E-state index in [0.717, 1.165) is 0 Å². The third-order valence-electron chi connectivity index (χ3n) is 3.45. The van der Waals surface area contributed by atoms with Gasteiger partial charge in [-0.2, -0.15) is 0 Å². The fourth-order valence-corrected chi connectivity index (χ4v) is 4.80. The summed E-state index contributed by atoms with van der Waals surface area (Å²) in [5.41, 5.74) is -1.14. The molecular formula is C15H27N2O8PS. The monoisotopic (exact) mass is 426 g/mol. The van der Waals surface area contributed by atoms with Gasteiger partial charge in [-0.1, -0.05) is 0 Å². The van der Waals surface area contributed by atoms with Crippen molar-refractivity contribution in [1.29, 1.82) is 0 Å². The lowest BCUT2D eigenvalue weighted by molar-refractivity contribution is -0.128. The maximum atomic E-state index is 11.9. The van der Waals surface area contributed by atoms with Gasteiger partial charge < -0.3 is 24.0 Å². The summed E-state index contributed by atoms with van der Waals surface area (Å²) in [6.45, 7) is 1.33. The van der Waals surface area contributed by atoms with Gasteiger partial charge in [0, 0.05) is 25.1 Å². The number of hydrogen-bond acceptors (Lipinski definition) is 8. The van der Waals surface area contributed by atoms with Crippen molar-refractivity contribution in [2.45, 2.75) is 51.7 Å². The minimum absolute atomic E-state index is 0.00741. The molecule has 2 unspecified atom stereocenters. The number of hydrogen-bond donors (Lipinski definition) is 3. The van der Waals surface area contributed by atoms with Gasteiger partial charge >= 0.3 is 12.5 Å². The lowest BCUT2D eigenvalue weighted by atomic mass is 10.1. The van der Waals surface area contributed by atoms with Crippen LogP contribution in [-0.2, 0) is 25.1 Å². The Hall–Kier alpha value is -0.940. The Labute approximate surface area is 161 Å². The Morgan fingerprint density at radius 3 is 2.56 bits per heavy atom. The van der Waals surface area contributed by atoms with Crippen molar-refractivity contribution in [2.24, 2.45) is 0 Å². The molecule has 12 heteroatoms. The molecule has 1 aromatic rings. The summed E-state index contributed by atoms with van der Waals surface area (Å²) in [5.74, 6) is -0.133. The number of nitrogens with one attached hydrogen (secondary N) is 1. The standard InChI is InChI=1S/C15H27N2O8PS/c1-5-24-26(21,22)27-9-11(18)14(25-10(2)3)12(23-4)8-17-7-6-13(19)16-15(17)20/h6-7,10-12,14,18H,5,8-9H2,1-4H3,(H,21,22)(H,16,19,20)/t11-,12?,14+/m1/s1. The number of aromatic amines is 1. The van der Waals surface area contributed by atoms with Crippen molar-refractivity contribution < 1.29 is 28.6 Å². The van der Waals surface area contributed by atoms with E-state index in [-0.39, 0.29) is 25.0 Å². The summed E-state index contributed by atoms with van der Waals surface area (Å²) in [7, 11) is 1.40. The number of ether oxygens (including phenoxy) is 2. The van der Waals surface area contributed by atoms with Crippen LogP contribution in [0.15, 0.2) is 21.9 Å². The predicted octanol–water partition coefficient (Wildman–Crippen LogP) is 0.576. The second-order valence-corrected chi connectivity index (χ2v) is 9.88. The molecular weight excluding hydrogens is 399 g/mol. The third kappa shape index (κ3) is 8.30. The molecule has 0 aliphatic heterocycles. The van der Waals surface area contributed by atoms with Crippen LogP contribution >= 0.6 is 18.2 Å². The summed E-state index contributed by atoms with van der Waals surface area (Å²) < 4.78 is 28.9. The summed E-state index contributed by atoms with van der Waals surface area (Å²) in [6.07, 6.45) is -1.76. The summed E-state index contributed by atoms with van der Waals surface area (Å²) >= 11 is 0.593. The topological polar surface area (TPSA) is 140 Å². The van der Waals surface area contributed by atoms with Gasteiger partial charge in [0.25, 0.3) is 5.56 Å². The van der Waals surface area contributed by atoms with Crippen molar-refractivity contribution in [3.63, 3.8) is 0 Å². The third-order valence-corrected chi connectivity index (χ3v) is 6.60. The lowest BCUT2D eigenvalue weighted by Crippen LogP contribution is -2.47. The highest BCUT2D eigenvalue weighted by atomic mass is 32.7. The van der Waals surface area contributed by atoms with E-state index in [1.54, 1.807) is 20.8 Å². The molecule has 4 atom stereocenters. The zero-order valence-electron chi connectivity index (χ0n) is 15.7. The number of aliphatic hydroxyl groups excluding tert-OH is 1. The van der Waals surface area contributed by atoms with Crippen molar-refractivity contribution in [2.75, 3.05) is 19.5 Å². The maximum absolute atomic E-state index is 11.9. The van der Waals surface area contributed by atoms with E-state index < -0.39 is 36.4 Å². The summed E-state index contributed by atoms with van der Waals surface area (Å²) in [4.78, 5) is 34.9. The van der Waals surface area contributed by atoms with Crippen LogP contribution in [0.25, 0.3) is 0 Å². The number of aliphatic hydroxyl groups is 1. The molecule has 10 nitrogen and oxygen atoms in total. The number of rotatable bonds is 12. The Bertz CT molecular complexity index is 737. The van der Waals surface area contributed by atoms with E-state index in [4.69, 9.17) is 14.0 Å². The van der Waals surface area contributed by atoms with E-state index in [2.05, 4.69) is 4.98 Å². The Kier molecular flexibility index (Phi) is 9.96. The van der Waals surface area contributed by atoms with Crippen molar-refractivity contribution >= 4 is 18.2 Å². The molecule has 0 saturated heterocycles. The zero-order valence-corrected chi connectivity index (χ0v) is 17.4. The molecule has 0 fully saturated rings. The summed E-state index contributed by atoms with van der Waals surface area (Å²) in [5, 5.41) is 10.5. The molecule has 3 N–H and O–H groups in total. The number of H-pyrrole nitrogens is 1. The fourth-order valence-electron chi connectivity index (χ4n) is 2.30. The van der Waals surface area contributed by atoms with Crippen LogP contribution in [0.1, 0.15) is 20.8 Å². The molecule has 1 aromatic heterocycles. The minimum Gasteiger partial charge on any atom is -0.389 e. The van der Waals surface area contributed by atoms with E-state index in [0.29, 0.717) is 11.4 Å². The van der Waals surface area contributed by atoms with Crippen LogP contribution in [0, 0.1) is 0 Å². The average molecular weight is 426 g/mol. The Balaban J connectivity index is 2.95. The zero-order chi connectivity index (χ0) is 20.6. The first-order valence-corrected chi connectivity index (χ1v) is 11.5. The molecule has 27 heavy (non-hydrogen) atoms. The van der Waals surface area contributed by atoms with Gasteiger partial charge in [0.15, 0.2) is 0 Å². The second-order valence-electron chi connectivity index (χ2n) is 5.94. The maximum Gasteiger partial charge on any atom is 0.386 e. The largest absolute Gasteiger partial charge is 0.389 e. The molecule has 0 radical (unpaired) electrons. The van der Waals surface area contributed by atoms with E-state index in [9.17, 15) is 24.2 Å². The van der Waals surface area contributed by atoms with E-state index >= 15 is 0 Å². The second kappa shape index (κ2) is 11.2. The van der Waals surface area contributed by atoms with Crippen molar-refractivity contribution in [3.05, 3.63) is 33.1 Å². The number of methoxy groups -OCH3 is 1. The van der Waals surface area contributed by atoms with Gasteiger partial charge in [-0.3, -0.25) is 14.3 Å². The van der Waals surface area contributed by atoms with E-state index in [1.807, 2.05) is 0 Å². The smallest absolute Gasteiger partial charge is 0.386 e. The van der Waals surface area contributed by atoms with Crippen LogP contribution in [0.4, 0.5) is 0 Å². The molecule has 0 saturated carbocycles. The first-order valence-electron chi connectivity index (χ1n) is 8.37. The molecule has 156 valence electrons. The lowest BCUT2D eigenvalue weighted by Gasteiger charge is -2.32. The van der Waals surface area contributed by atoms with Gasteiger partial charge in [-0.05, 0) is 32.2 Å². The average Bonchev–Trinajstić information content (AvgIpc) is 2.57. The molecule has 0 bridgehead atoms. The molecule has 1 heterocycles. The van der Waals surface area contributed by atoms with Gasteiger partial charge in [-0.25, -0.2) is 9.36 Å². The van der Waals surface area contributed by atoms with E-state index in [1.165, 1.54) is 23.9 Å². The molecule has 0 aliphatic rings. The molecule has 0 spiro atoms. The van der Waals surface area contributed by atoms with Gasteiger partial charge in [0.1, 0.15) is 12.2 Å². The summed E-state index contributed by atoms with van der Waals surface area (Å²) in [6, 6.07) is 1.20. The quantitative estimate of drug-likeness (QED) is 0.409. The van der Waals surface area contributed by atoms with Crippen LogP contribution in [0.3, 0.4) is 0 Å². The fraction of sp³-hybridized carbons (Fsp3) is 0.733. The highest BCUT2D eigenvalue weighted by molar-refractivity contribution is 8.54. The van der Waals surface area contributed by atoms with Crippen molar-refractivity contribution in [3.8, 4) is 0 Å². The molecule has 1 rings (SSSR count). The van der Waals surface area contributed by atoms with Gasteiger partial charge in [0.05, 0.1) is 25.4 Å². The SMILES string of the molecule is CCOP(=O)(O)SC[C@@H](O)[C@H](OC(C)C)C(Cn1ccc(=O)[nH]c1=O)OC. The van der Waals surface area contributed by atoms with Crippen LogP contribution < -0.4 is 11.2 Å². The van der Waals surface area contributed by atoms with Gasteiger partial charge in [-0.15, -0.1) is 0 Å². The molecule has 0 aromatic carbocycles. The number of aromatic nitrogens is 2. The van der Waals surface area contributed by atoms with Crippen molar-refractivity contribution in [1.82, 2.24) is 9.55 Å². The first kappa shape index (κ1) is 24.1. The first-order chi connectivity index (χ1) is 12.6. The Morgan fingerprint density at radius 2 is 2.04 bits per heavy atom. The highest BCUT2D eigenvalue weighted by Crippen LogP contribution is 2.55. The normalized spacial score (nSPS) is 17.4.